The van der Waals surface area contributed by atoms with Gasteiger partial charge in [0.05, 0.1) is 13.2 Å². The molecule has 2 fully saturated rings. The van der Waals surface area contributed by atoms with Crippen LogP contribution in [-0.4, -0.2) is 68.2 Å². The minimum absolute atomic E-state index is 0. The van der Waals surface area contributed by atoms with Crippen molar-refractivity contribution in [1.29, 1.82) is 0 Å². The summed E-state index contributed by atoms with van der Waals surface area (Å²) in [6.07, 6.45) is 4.82. The molecule has 1 aromatic carbocycles. The number of nitrogens with one attached hydrogen (secondary N) is 2. The molecule has 1 aliphatic heterocycles. The number of halogens is 1. The molecule has 30 heavy (non-hydrogen) atoms. The summed E-state index contributed by atoms with van der Waals surface area (Å²) in [5.74, 6) is 1.66. The van der Waals surface area contributed by atoms with Crippen molar-refractivity contribution in [2.24, 2.45) is 10.9 Å². The first kappa shape index (κ1) is 24.7. The van der Waals surface area contributed by atoms with Crippen molar-refractivity contribution >= 4 is 41.7 Å². The number of likely N-dealkylation sites (tertiary alicyclic amines) is 1. The van der Waals surface area contributed by atoms with Gasteiger partial charge < -0.3 is 25.2 Å². The van der Waals surface area contributed by atoms with Crippen molar-refractivity contribution < 1.29 is 9.53 Å². The predicted octanol–water partition coefficient (Wildman–Crippen LogP) is 3.76. The number of aliphatic imine (C=N–C) groups is 1. The maximum atomic E-state index is 12.3. The first-order valence-electron chi connectivity index (χ1n) is 10.9. The predicted molar refractivity (Wildman–Crippen MR) is 133 cm³/mol. The van der Waals surface area contributed by atoms with Crippen LogP contribution in [0.5, 0.6) is 0 Å². The lowest BCUT2D eigenvalue weighted by Crippen LogP contribution is -2.40. The number of carbonyl (C=O) groups is 1. The molecule has 7 nitrogen and oxygen atoms in total. The number of carbonyl (C=O) groups excluding carboxylic acids is 1. The number of nitrogens with zero attached hydrogens (tertiary/aromatic N) is 3. The van der Waals surface area contributed by atoms with Crippen LogP contribution in [0.15, 0.2) is 29.3 Å². The quantitative estimate of drug-likeness (QED) is 0.221. The molecule has 1 aromatic rings. The zero-order valence-corrected chi connectivity index (χ0v) is 20.6. The molecular weight excluding hydrogens is 493 g/mol. The third kappa shape index (κ3) is 8.29. The number of rotatable bonds is 9. The van der Waals surface area contributed by atoms with E-state index in [4.69, 9.17) is 9.73 Å². The second-order valence-corrected chi connectivity index (χ2v) is 7.93. The van der Waals surface area contributed by atoms with Gasteiger partial charge in [0.25, 0.3) is 0 Å². The fourth-order valence-corrected chi connectivity index (χ4v) is 3.35. The van der Waals surface area contributed by atoms with Gasteiger partial charge in [-0.05, 0) is 56.2 Å². The number of ether oxygens (including phenoxy) is 1. The lowest BCUT2D eigenvalue weighted by atomic mass is 10.2. The standard InChI is InChI=1S/C22H35N5O2.HI/c1-3-23-21(26(2)13-14-29-17-18-9-10-18)24-16-19-7-6-8-20(15-19)25-22(28)27-11-4-5-12-27;/h6-8,15,18H,3-5,9-14,16-17H2,1-2H3,(H,23,24)(H,25,28);1H. The summed E-state index contributed by atoms with van der Waals surface area (Å²) in [6.45, 7) is 7.55. The number of hydrogen-bond donors (Lipinski definition) is 2. The van der Waals surface area contributed by atoms with Gasteiger partial charge in [-0.15, -0.1) is 24.0 Å². The van der Waals surface area contributed by atoms with Gasteiger partial charge in [0.15, 0.2) is 5.96 Å². The topological polar surface area (TPSA) is 69.2 Å². The molecular formula is C22H36IN5O2. The van der Waals surface area contributed by atoms with Crippen molar-refractivity contribution in [3.63, 3.8) is 0 Å². The molecule has 1 aliphatic carbocycles. The molecule has 2 amide bonds. The lowest BCUT2D eigenvalue weighted by Gasteiger charge is -2.22. The Hall–Kier alpha value is -1.55. The summed E-state index contributed by atoms with van der Waals surface area (Å²) in [4.78, 5) is 21.0. The fourth-order valence-electron chi connectivity index (χ4n) is 3.35. The van der Waals surface area contributed by atoms with E-state index in [1.54, 1.807) is 0 Å². The number of benzene rings is 1. The molecule has 0 unspecified atom stereocenters. The number of amides is 2. The fraction of sp³-hybridized carbons (Fsp3) is 0.636. The van der Waals surface area contributed by atoms with Crippen LogP contribution in [-0.2, 0) is 11.3 Å². The number of likely N-dealkylation sites (N-methyl/N-ethyl adjacent to an activating group) is 1. The van der Waals surface area contributed by atoms with Gasteiger partial charge in [0, 0.05) is 45.5 Å². The molecule has 0 atom stereocenters. The minimum Gasteiger partial charge on any atom is -0.379 e. The summed E-state index contributed by atoms with van der Waals surface area (Å²) >= 11 is 0. The molecule has 2 aliphatic rings. The van der Waals surface area contributed by atoms with E-state index < -0.39 is 0 Å². The van der Waals surface area contributed by atoms with E-state index in [1.807, 2.05) is 36.2 Å². The molecule has 0 bridgehead atoms. The van der Waals surface area contributed by atoms with Gasteiger partial charge in [-0.1, -0.05) is 12.1 Å². The maximum absolute atomic E-state index is 12.3. The van der Waals surface area contributed by atoms with E-state index >= 15 is 0 Å². The smallest absolute Gasteiger partial charge is 0.321 e. The number of guanidine groups is 1. The Bertz CT molecular complexity index is 690. The molecule has 1 saturated heterocycles. The van der Waals surface area contributed by atoms with Crippen molar-refractivity contribution in [2.45, 2.75) is 39.2 Å². The van der Waals surface area contributed by atoms with E-state index in [0.717, 1.165) is 75.4 Å². The zero-order chi connectivity index (χ0) is 20.5. The second-order valence-electron chi connectivity index (χ2n) is 7.93. The molecule has 1 heterocycles. The number of anilines is 1. The Morgan fingerprint density at radius 2 is 2.07 bits per heavy atom. The average molecular weight is 529 g/mol. The van der Waals surface area contributed by atoms with Crippen molar-refractivity contribution in [2.75, 3.05) is 51.8 Å². The summed E-state index contributed by atoms with van der Waals surface area (Å²) in [5.41, 5.74) is 1.89. The van der Waals surface area contributed by atoms with Crippen LogP contribution in [0.2, 0.25) is 0 Å². The van der Waals surface area contributed by atoms with Crippen LogP contribution in [0.3, 0.4) is 0 Å². The van der Waals surface area contributed by atoms with Gasteiger partial charge in [0.1, 0.15) is 0 Å². The summed E-state index contributed by atoms with van der Waals surface area (Å²) in [7, 11) is 2.04. The summed E-state index contributed by atoms with van der Waals surface area (Å²) in [6, 6.07) is 7.92. The van der Waals surface area contributed by atoms with Crippen molar-refractivity contribution in [1.82, 2.24) is 15.1 Å². The van der Waals surface area contributed by atoms with Gasteiger partial charge in [-0.25, -0.2) is 9.79 Å². The Labute approximate surface area is 197 Å². The van der Waals surface area contributed by atoms with E-state index in [9.17, 15) is 4.79 Å². The molecule has 1 saturated carbocycles. The Morgan fingerprint density at radius 3 is 2.77 bits per heavy atom. The molecule has 0 radical (unpaired) electrons. The monoisotopic (exact) mass is 529 g/mol. The van der Waals surface area contributed by atoms with Crippen LogP contribution in [0.25, 0.3) is 0 Å². The molecule has 0 aromatic heterocycles. The largest absolute Gasteiger partial charge is 0.379 e. The van der Waals surface area contributed by atoms with Gasteiger partial charge in [0.2, 0.25) is 0 Å². The third-order valence-corrected chi connectivity index (χ3v) is 5.30. The third-order valence-electron chi connectivity index (χ3n) is 5.30. The van der Waals surface area contributed by atoms with Crippen molar-refractivity contribution in [3.8, 4) is 0 Å². The highest BCUT2D eigenvalue weighted by molar-refractivity contribution is 14.0. The van der Waals surface area contributed by atoms with E-state index in [1.165, 1.54) is 12.8 Å². The highest BCUT2D eigenvalue weighted by atomic mass is 127. The van der Waals surface area contributed by atoms with Gasteiger partial charge in [-0.2, -0.15) is 0 Å². The molecule has 0 spiro atoms. The SMILES string of the molecule is CCNC(=NCc1cccc(NC(=O)N2CCCC2)c1)N(C)CCOCC1CC1.I. The Balaban J connectivity index is 0.00000320. The van der Waals surface area contributed by atoms with Crippen molar-refractivity contribution in [3.05, 3.63) is 29.8 Å². The summed E-state index contributed by atoms with van der Waals surface area (Å²) in [5, 5.41) is 6.35. The van der Waals surface area contributed by atoms with E-state index in [2.05, 4.69) is 22.5 Å². The second kappa shape index (κ2) is 13.0. The van der Waals surface area contributed by atoms with Gasteiger partial charge in [-0.3, -0.25) is 0 Å². The molecule has 2 N–H and O–H groups in total. The van der Waals surface area contributed by atoms with E-state index in [-0.39, 0.29) is 30.0 Å². The molecule has 3 rings (SSSR count). The highest BCUT2D eigenvalue weighted by Gasteiger charge is 2.21. The van der Waals surface area contributed by atoms with Crippen LogP contribution in [0, 0.1) is 5.92 Å². The molecule has 168 valence electrons. The maximum Gasteiger partial charge on any atom is 0.321 e. The summed E-state index contributed by atoms with van der Waals surface area (Å²) < 4.78 is 5.75. The van der Waals surface area contributed by atoms with E-state index in [0.29, 0.717) is 6.54 Å². The first-order valence-corrected chi connectivity index (χ1v) is 10.9. The van der Waals surface area contributed by atoms with Crippen LogP contribution < -0.4 is 10.6 Å². The Morgan fingerprint density at radius 1 is 1.30 bits per heavy atom. The van der Waals surface area contributed by atoms with Crippen LogP contribution in [0.4, 0.5) is 10.5 Å². The highest BCUT2D eigenvalue weighted by Crippen LogP contribution is 2.28. The number of urea groups is 1. The lowest BCUT2D eigenvalue weighted by molar-refractivity contribution is 0.115. The minimum atomic E-state index is -0.0116. The average Bonchev–Trinajstić information content (AvgIpc) is 3.38. The normalized spacial score (nSPS) is 16.2. The van der Waals surface area contributed by atoms with Gasteiger partial charge >= 0.3 is 6.03 Å². The zero-order valence-electron chi connectivity index (χ0n) is 18.2. The van der Waals surface area contributed by atoms with Crippen LogP contribution in [0.1, 0.15) is 38.2 Å². The first-order chi connectivity index (χ1) is 14.2. The number of hydrogen-bond acceptors (Lipinski definition) is 3. The molecule has 8 heteroatoms. The van der Waals surface area contributed by atoms with Crippen LogP contribution >= 0.6 is 24.0 Å². The Kier molecular flexibility index (Phi) is 10.7.